The molecule has 4 heteroatoms. The Balaban J connectivity index is 1.82. The highest BCUT2D eigenvalue weighted by Gasteiger charge is 2.38. The quantitative estimate of drug-likeness (QED) is 0.909. The molecule has 0 spiro atoms. The van der Waals surface area contributed by atoms with Gasteiger partial charge in [-0.15, -0.1) is 0 Å². The number of hydrogen-bond donors (Lipinski definition) is 1. The molecular weight excluding hydrogens is 272 g/mol. The Hall–Kier alpha value is -1.06. The average Bonchev–Trinajstić information content (AvgIpc) is 3.07. The number of nitrogens with one attached hydrogen (secondary N) is 1. The number of hydrogen-bond acceptors (Lipinski definition) is 2. The van der Waals surface area contributed by atoms with Gasteiger partial charge in [-0.25, -0.2) is 0 Å². The van der Waals surface area contributed by atoms with Crippen LogP contribution in [0.1, 0.15) is 37.8 Å². The molecule has 0 bridgehead atoms. The summed E-state index contributed by atoms with van der Waals surface area (Å²) in [5.74, 6) is 0.674. The second kappa shape index (κ2) is 5.74. The van der Waals surface area contributed by atoms with Crippen LogP contribution in [0, 0.1) is 5.92 Å². The van der Waals surface area contributed by atoms with Crippen LogP contribution in [0.25, 0.3) is 0 Å². The summed E-state index contributed by atoms with van der Waals surface area (Å²) in [6.45, 7) is 3.95. The van der Waals surface area contributed by atoms with Crippen molar-refractivity contribution in [3.8, 4) is 0 Å². The summed E-state index contributed by atoms with van der Waals surface area (Å²) < 4.78 is 0. The summed E-state index contributed by atoms with van der Waals surface area (Å²) in [4.78, 5) is 14.8. The van der Waals surface area contributed by atoms with Gasteiger partial charge < -0.3 is 10.2 Å². The van der Waals surface area contributed by atoms with Crippen LogP contribution in [0.3, 0.4) is 0 Å². The molecule has 2 fully saturated rings. The van der Waals surface area contributed by atoms with Crippen molar-refractivity contribution in [2.75, 3.05) is 13.1 Å². The zero-order chi connectivity index (χ0) is 14.1. The minimum absolute atomic E-state index is 0.0157. The Bertz CT molecular complexity index is 505. The van der Waals surface area contributed by atoms with E-state index in [0.717, 1.165) is 42.9 Å². The van der Waals surface area contributed by atoms with E-state index in [1.807, 2.05) is 29.2 Å². The first-order valence-corrected chi connectivity index (χ1v) is 7.84. The van der Waals surface area contributed by atoms with E-state index >= 15 is 0 Å². The number of carbonyl (C=O) groups is 1. The van der Waals surface area contributed by atoms with E-state index in [1.54, 1.807) is 0 Å². The number of likely N-dealkylation sites (tertiary alicyclic amines) is 1. The maximum atomic E-state index is 12.8. The van der Waals surface area contributed by atoms with Crippen LogP contribution in [0.5, 0.6) is 0 Å². The highest BCUT2D eigenvalue weighted by molar-refractivity contribution is 6.31. The highest BCUT2D eigenvalue weighted by atomic mass is 35.5. The molecule has 0 radical (unpaired) electrons. The Morgan fingerprint density at radius 2 is 2.15 bits per heavy atom. The zero-order valence-electron chi connectivity index (χ0n) is 11.8. The van der Waals surface area contributed by atoms with Gasteiger partial charge in [0.2, 0.25) is 5.91 Å². The van der Waals surface area contributed by atoms with E-state index < -0.39 is 0 Å². The van der Waals surface area contributed by atoms with E-state index in [1.165, 1.54) is 0 Å². The second-order valence-corrected chi connectivity index (χ2v) is 6.32. The lowest BCUT2D eigenvalue weighted by Gasteiger charge is -2.29. The first kappa shape index (κ1) is 13.9. The van der Waals surface area contributed by atoms with Gasteiger partial charge in [0.05, 0.1) is 12.1 Å². The van der Waals surface area contributed by atoms with Gasteiger partial charge in [0.1, 0.15) is 0 Å². The summed E-state index contributed by atoms with van der Waals surface area (Å²) in [7, 11) is 0. The average molecular weight is 293 g/mol. The van der Waals surface area contributed by atoms with E-state index in [0.29, 0.717) is 5.92 Å². The maximum Gasteiger partial charge on any atom is 0.240 e. The van der Waals surface area contributed by atoms with Crippen LogP contribution in [-0.4, -0.2) is 29.9 Å². The summed E-state index contributed by atoms with van der Waals surface area (Å²) in [5, 5.41) is 4.11. The first-order valence-electron chi connectivity index (χ1n) is 7.47. The minimum atomic E-state index is -0.0157. The molecule has 2 saturated heterocycles. The summed E-state index contributed by atoms with van der Waals surface area (Å²) in [5.41, 5.74) is 1.09. The second-order valence-electron chi connectivity index (χ2n) is 5.91. The largest absolute Gasteiger partial charge is 0.334 e. The number of halogens is 1. The van der Waals surface area contributed by atoms with Crippen molar-refractivity contribution in [1.82, 2.24) is 10.2 Å². The Morgan fingerprint density at radius 3 is 2.85 bits per heavy atom. The van der Waals surface area contributed by atoms with Gasteiger partial charge >= 0.3 is 0 Å². The third-order valence-corrected chi connectivity index (χ3v) is 4.94. The zero-order valence-corrected chi connectivity index (χ0v) is 12.6. The molecule has 3 atom stereocenters. The topological polar surface area (TPSA) is 32.3 Å². The summed E-state index contributed by atoms with van der Waals surface area (Å²) in [6, 6.07) is 8.02. The van der Waals surface area contributed by atoms with Gasteiger partial charge in [0.15, 0.2) is 0 Å². The van der Waals surface area contributed by atoms with Gasteiger partial charge in [-0.1, -0.05) is 36.7 Å². The molecular formula is C16H21ClN2O. The number of nitrogens with zero attached hydrogens (tertiary/aromatic N) is 1. The highest BCUT2D eigenvalue weighted by Crippen LogP contribution is 2.36. The smallest absolute Gasteiger partial charge is 0.240 e. The molecule has 2 aliphatic heterocycles. The number of carbonyl (C=O) groups excluding carboxylic acids is 1. The molecule has 2 aliphatic rings. The van der Waals surface area contributed by atoms with Crippen molar-refractivity contribution >= 4 is 17.5 Å². The van der Waals surface area contributed by atoms with Crippen LogP contribution in [0.15, 0.2) is 24.3 Å². The van der Waals surface area contributed by atoms with Crippen LogP contribution < -0.4 is 5.32 Å². The minimum Gasteiger partial charge on any atom is -0.334 e. The molecule has 3 nitrogen and oxygen atoms in total. The lowest BCUT2D eigenvalue weighted by molar-refractivity contribution is -0.134. The lowest BCUT2D eigenvalue weighted by atomic mass is 10.00. The van der Waals surface area contributed by atoms with Crippen LogP contribution in [-0.2, 0) is 4.79 Å². The van der Waals surface area contributed by atoms with Gasteiger partial charge in [-0.3, -0.25) is 4.79 Å². The number of benzene rings is 1. The fourth-order valence-electron chi connectivity index (χ4n) is 3.44. The Morgan fingerprint density at radius 1 is 1.35 bits per heavy atom. The van der Waals surface area contributed by atoms with Crippen molar-refractivity contribution in [3.63, 3.8) is 0 Å². The number of rotatable bonds is 2. The molecule has 3 rings (SSSR count). The monoisotopic (exact) mass is 292 g/mol. The van der Waals surface area contributed by atoms with E-state index in [4.69, 9.17) is 11.6 Å². The normalized spacial score (nSPS) is 29.9. The van der Waals surface area contributed by atoms with Crippen LogP contribution in [0.4, 0.5) is 0 Å². The molecule has 1 aromatic carbocycles. The molecule has 0 aliphatic carbocycles. The van der Waals surface area contributed by atoms with Gasteiger partial charge in [0, 0.05) is 11.6 Å². The molecule has 3 unspecified atom stereocenters. The van der Waals surface area contributed by atoms with E-state index in [-0.39, 0.29) is 18.0 Å². The van der Waals surface area contributed by atoms with E-state index in [9.17, 15) is 4.79 Å². The van der Waals surface area contributed by atoms with Gasteiger partial charge in [-0.2, -0.15) is 0 Å². The Labute approximate surface area is 125 Å². The molecule has 0 aromatic heterocycles. The summed E-state index contributed by atoms with van der Waals surface area (Å²) in [6.07, 6.45) is 3.15. The molecule has 20 heavy (non-hydrogen) atoms. The lowest BCUT2D eigenvalue weighted by Crippen LogP contribution is -2.45. The first-order chi connectivity index (χ1) is 9.68. The Kier molecular flexibility index (Phi) is 3.99. The number of amides is 1. The van der Waals surface area contributed by atoms with Crippen molar-refractivity contribution in [2.45, 2.75) is 38.3 Å². The molecule has 1 N–H and O–H groups in total. The van der Waals surface area contributed by atoms with E-state index in [2.05, 4.69) is 12.2 Å². The standard InChI is InChI=1S/C16H21ClN2O/c1-11-8-9-18-15(11)16(20)19-10-4-7-14(19)12-5-2-3-6-13(12)17/h2-3,5-6,11,14-15,18H,4,7-10H2,1H3. The fraction of sp³-hybridized carbons (Fsp3) is 0.562. The third-order valence-electron chi connectivity index (χ3n) is 4.60. The van der Waals surface area contributed by atoms with Crippen molar-refractivity contribution < 1.29 is 4.79 Å². The van der Waals surface area contributed by atoms with Crippen molar-refractivity contribution in [2.24, 2.45) is 5.92 Å². The molecule has 1 aromatic rings. The van der Waals surface area contributed by atoms with Crippen molar-refractivity contribution in [1.29, 1.82) is 0 Å². The van der Waals surface area contributed by atoms with Gasteiger partial charge in [0.25, 0.3) is 0 Å². The third kappa shape index (κ3) is 2.45. The summed E-state index contributed by atoms with van der Waals surface area (Å²) >= 11 is 6.31. The molecule has 1 amide bonds. The van der Waals surface area contributed by atoms with Gasteiger partial charge in [-0.05, 0) is 43.4 Å². The van der Waals surface area contributed by atoms with Crippen LogP contribution >= 0.6 is 11.6 Å². The fourth-order valence-corrected chi connectivity index (χ4v) is 3.70. The molecule has 0 saturated carbocycles. The maximum absolute atomic E-state index is 12.8. The SMILES string of the molecule is CC1CCNC1C(=O)N1CCCC1c1ccccc1Cl. The van der Waals surface area contributed by atoms with Crippen LogP contribution in [0.2, 0.25) is 5.02 Å². The van der Waals surface area contributed by atoms with Crippen molar-refractivity contribution in [3.05, 3.63) is 34.9 Å². The predicted molar refractivity (Wildman–Crippen MR) is 80.7 cm³/mol. The molecule has 108 valence electrons. The molecule has 2 heterocycles. The predicted octanol–water partition coefficient (Wildman–Crippen LogP) is 3.00.